The van der Waals surface area contributed by atoms with E-state index in [2.05, 4.69) is 26.0 Å². The van der Waals surface area contributed by atoms with Gasteiger partial charge in [0.2, 0.25) is 0 Å². The minimum Gasteiger partial charge on any atom is -0.496 e. The van der Waals surface area contributed by atoms with Crippen LogP contribution in [-0.2, 0) is 11.2 Å². The van der Waals surface area contributed by atoms with Crippen LogP contribution in [0.1, 0.15) is 42.4 Å². The van der Waals surface area contributed by atoms with Gasteiger partial charge in [-0.3, -0.25) is 4.79 Å². The summed E-state index contributed by atoms with van der Waals surface area (Å²) < 4.78 is 5.34. The second-order valence-electron chi connectivity index (χ2n) is 5.43. The Hall–Kier alpha value is -1.31. The molecule has 0 saturated heterocycles. The maximum atomic E-state index is 11.2. The molecule has 0 bridgehead atoms. The van der Waals surface area contributed by atoms with Gasteiger partial charge in [-0.25, -0.2) is 0 Å². The maximum Gasteiger partial charge on any atom is 0.132 e. The molecule has 1 aliphatic carbocycles. The zero-order valence-corrected chi connectivity index (χ0v) is 11.6. The van der Waals surface area contributed by atoms with E-state index in [1.54, 1.807) is 7.11 Å². The molecule has 0 atom stereocenters. The Kier molecular flexibility index (Phi) is 4.05. The first-order valence-electron chi connectivity index (χ1n) is 6.76. The smallest absolute Gasteiger partial charge is 0.132 e. The lowest BCUT2D eigenvalue weighted by Crippen LogP contribution is -2.16. The lowest BCUT2D eigenvalue weighted by Gasteiger charge is -2.22. The number of carbonyl (C=O) groups is 1. The van der Waals surface area contributed by atoms with Gasteiger partial charge in [0.1, 0.15) is 11.5 Å². The van der Waals surface area contributed by atoms with Crippen LogP contribution in [0.2, 0.25) is 0 Å². The molecule has 2 rings (SSSR count). The van der Waals surface area contributed by atoms with E-state index in [9.17, 15) is 4.79 Å². The predicted molar refractivity (Wildman–Crippen MR) is 73.1 cm³/mol. The summed E-state index contributed by atoms with van der Waals surface area (Å²) in [7, 11) is 1.72. The molecule has 2 heteroatoms. The highest BCUT2D eigenvalue weighted by molar-refractivity contribution is 5.79. The van der Waals surface area contributed by atoms with Gasteiger partial charge >= 0.3 is 0 Å². The number of hydrogen-bond acceptors (Lipinski definition) is 2. The Morgan fingerprint density at radius 3 is 2.44 bits per heavy atom. The van der Waals surface area contributed by atoms with Crippen molar-refractivity contribution in [3.05, 3.63) is 28.8 Å². The molecular formula is C16H22O2. The van der Waals surface area contributed by atoms with Gasteiger partial charge in [-0.05, 0) is 61.8 Å². The molecule has 0 unspecified atom stereocenters. The first-order valence-corrected chi connectivity index (χ1v) is 6.76. The first-order chi connectivity index (χ1) is 8.60. The third-order valence-electron chi connectivity index (χ3n) is 4.02. The number of aryl methyl sites for hydroxylation is 2. The van der Waals surface area contributed by atoms with Gasteiger partial charge < -0.3 is 4.74 Å². The van der Waals surface area contributed by atoms with Crippen LogP contribution in [0.3, 0.4) is 0 Å². The van der Waals surface area contributed by atoms with Crippen LogP contribution in [0.25, 0.3) is 0 Å². The van der Waals surface area contributed by atoms with Crippen LogP contribution in [0, 0.1) is 19.8 Å². The minimum absolute atomic E-state index is 0.439. The molecule has 0 amide bonds. The summed E-state index contributed by atoms with van der Waals surface area (Å²) in [5.74, 6) is 2.08. The van der Waals surface area contributed by atoms with Crippen molar-refractivity contribution in [3.8, 4) is 5.75 Å². The normalized spacial score (nSPS) is 16.9. The fourth-order valence-corrected chi connectivity index (χ4v) is 2.80. The summed E-state index contributed by atoms with van der Waals surface area (Å²) in [6.07, 6.45) is 4.77. The number of ketones is 1. The van der Waals surface area contributed by atoms with Gasteiger partial charge in [-0.2, -0.15) is 0 Å². The molecule has 0 aromatic heterocycles. The van der Waals surface area contributed by atoms with Crippen molar-refractivity contribution in [1.82, 2.24) is 0 Å². The molecule has 0 N–H and O–H groups in total. The number of hydrogen-bond donors (Lipinski definition) is 0. The molecule has 0 spiro atoms. The van der Waals surface area contributed by atoms with E-state index >= 15 is 0 Å². The quantitative estimate of drug-likeness (QED) is 0.814. The zero-order valence-electron chi connectivity index (χ0n) is 11.6. The standard InChI is InChI=1S/C16H22O2/c1-11-9-16(18-3)12(2)8-14(11)10-13-4-6-15(17)7-5-13/h8-9,13H,4-7,10H2,1-3H3. The summed E-state index contributed by atoms with van der Waals surface area (Å²) >= 11 is 0. The molecule has 1 fully saturated rings. The second kappa shape index (κ2) is 5.55. The number of rotatable bonds is 3. The maximum absolute atomic E-state index is 11.2. The van der Waals surface area contributed by atoms with Gasteiger partial charge in [-0.15, -0.1) is 0 Å². The molecule has 1 saturated carbocycles. The minimum atomic E-state index is 0.439. The van der Waals surface area contributed by atoms with Crippen LogP contribution in [0.4, 0.5) is 0 Å². The van der Waals surface area contributed by atoms with Crippen LogP contribution in [0.5, 0.6) is 5.75 Å². The number of Topliss-reactive ketones (excluding diaryl/α,β-unsaturated/α-hetero) is 1. The van der Waals surface area contributed by atoms with Crippen molar-refractivity contribution < 1.29 is 9.53 Å². The number of carbonyl (C=O) groups excluding carboxylic acids is 1. The summed E-state index contributed by atoms with van der Waals surface area (Å²) in [6.45, 7) is 4.23. The van der Waals surface area contributed by atoms with Crippen molar-refractivity contribution in [2.75, 3.05) is 7.11 Å². The lowest BCUT2D eigenvalue weighted by molar-refractivity contribution is -0.120. The Morgan fingerprint density at radius 1 is 1.17 bits per heavy atom. The van der Waals surface area contributed by atoms with Gasteiger partial charge in [0.05, 0.1) is 7.11 Å². The highest BCUT2D eigenvalue weighted by Gasteiger charge is 2.19. The van der Waals surface area contributed by atoms with Crippen molar-refractivity contribution in [1.29, 1.82) is 0 Å². The fourth-order valence-electron chi connectivity index (χ4n) is 2.80. The summed E-state index contributed by atoms with van der Waals surface area (Å²) in [5, 5.41) is 0. The third kappa shape index (κ3) is 2.92. The Bertz CT molecular complexity index is 439. The number of ether oxygens (including phenoxy) is 1. The molecule has 1 aliphatic rings. The molecule has 98 valence electrons. The Labute approximate surface area is 109 Å². The first kappa shape index (κ1) is 13.1. The van der Waals surface area contributed by atoms with Crippen LogP contribution >= 0.6 is 0 Å². The predicted octanol–water partition coefficient (Wildman–Crippen LogP) is 3.61. The molecule has 0 heterocycles. The van der Waals surface area contributed by atoms with Gasteiger partial charge in [0.25, 0.3) is 0 Å². The average Bonchev–Trinajstić information content (AvgIpc) is 2.36. The Balaban J connectivity index is 2.09. The Morgan fingerprint density at radius 2 is 1.83 bits per heavy atom. The second-order valence-corrected chi connectivity index (χ2v) is 5.43. The van der Waals surface area contributed by atoms with E-state index in [0.29, 0.717) is 11.7 Å². The zero-order chi connectivity index (χ0) is 13.1. The van der Waals surface area contributed by atoms with Crippen molar-refractivity contribution in [2.24, 2.45) is 5.92 Å². The van der Waals surface area contributed by atoms with Gasteiger partial charge in [0.15, 0.2) is 0 Å². The van der Waals surface area contributed by atoms with E-state index in [0.717, 1.165) is 37.9 Å². The van der Waals surface area contributed by atoms with E-state index in [-0.39, 0.29) is 0 Å². The highest BCUT2D eigenvalue weighted by Crippen LogP contribution is 2.29. The SMILES string of the molecule is COc1cc(C)c(CC2CCC(=O)CC2)cc1C. The molecule has 18 heavy (non-hydrogen) atoms. The van der Waals surface area contributed by atoms with Crippen molar-refractivity contribution >= 4 is 5.78 Å². The largest absolute Gasteiger partial charge is 0.496 e. The number of methoxy groups -OCH3 is 1. The average molecular weight is 246 g/mol. The van der Waals surface area contributed by atoms with Crippen LogP contribution < -0.4 is 4.74 Å². The topological polar surface area (TPSA) is 26.3 Å². The van der Waals surface area contributed by atoms with E-state index in [1.807, 2.05) is 0 Å². The molecule has 1 aromatic carbocycles. The molecule has 0 aliphatic heterocycles. The van der Waals surface area contributed by atoms with Gasteiger partial charge in [-0.1, -0.05) is 6.07 Å². The molecule has 2 nitrogen and oxygen atoms in total. The molecule has 0 radical (unpaired) electrons. The van der Waals surface area contributed by atoms with Crippen molar-refractivity contribution in [3.63, 3.8) is 0 Å². The summed E-state index contributed by atoms with van der Waals surface area (Å²) in [5.41, 5.74) is 3.91. The summed E-state index contributed by atoms with van der Waals surface area (Å²) in [4.78, 5) is 11.2. The lowest BCUT2D eigenvalue weighted by atomic mass is 9.83. The van der Waals surface area contributed by atoms with Crippen LogP contribution in [0.15, 0.2) is 12.1 Å². The monoisotopic (exact) mass is 246 g/mol. The van der Waals surface area contributed by atoms with Gasteiger partial charge in [0, 0.05) is 12.8 Å². The van der Waals surface area contributed by atoms with Crippen LogP contribution in [-0.4, -0.2) is 12.9 Å². The van der Waals surface area contributed by atoms with E-state index in [1.165, 1.54) is 16.7 Å². The summed E-state index contributed by atoms with van der Waals surface area (Å²) in [6, 6.07) is 4.36. The fraction of sp³-hybridized carbons (Fsp3) is 0.562. The highest BCUT2D eigenvalue weighted by atomic mass is 16.5. The number of benzene rings is 1. The van der Waals surface area contributed by atoms with Crippen molar-refractivity contribution in [2.45, 2.75) is 46.0 Å². The van der Waals surface area contributed by atoms with E-state index < -0.39 is 0 Å². The molecule has 1 aromatic rings. The third-order valence-corrected chi connectivity index (χ3v) is 4.02. The molecular weight excluding hydrogens is 224 g/mol. The van der Waals surface area contributed by atoms with E-state index in [4.69, 9.17) is 4.74 Å².